The van der Waals surface area contributed by atoms with Gasteiger partial charge in [0.05, 0.1) is 11.0 Å². The fourth-order valence-corrected chi connectivity index (χ4v) is 2.29. The minimum absolute atomic E-state index is 0.0513. The summed E-state index contributed by atoms with van der Waals surface area (Å²) in [7, 11) is 0. The average Bonchev–Trinajstić information content (AvgIpc) is 2.47. The zero-order valence-corrected chi connectivity index (χ0v) is 12.2. The van der Waals surface area contributed by atoms with E-state index >= 15 is 0 Å². The van der Waals surface area contributed by atoms with Gasteiger partial charge in [0.2, 0.25) is 0 Å². The number of hydrogen-bond donors (Lipinski definition) is 1. The molecule has 1 unspecified atom stereocenters. The van der Waals surface area contributed by atoms with E-state index in [-0.39, 0.29) is 12.1 Å². The van der Waals surface area contributed by atoms with Gasteiger partial charge in [0.25, 0.3) is 5.69 Å². The highest BCUT2D eigenvalue weighted by molar-refractivity contribution is 5.41. The minimum atomic E-state index is -0.743. The second kappa shape index (κ2) is 6.50. The van der Waals surface area contributed by atoms with Crippen LogP contribution in [0.3, 0.4) is 0 Å². The number of para-hydroxylation sites is 1. The monoisotopic (exact) mass is 285 g/mol. The molecule has 0 heterocycles. The molecule has 0 spiro atoms. The Morgan fingerprint density at radius 2 is 1.62 bits per heavy atom. The highest BCUT2D eigenvalue weighted by atomic mass is 16.6. The Morgan fingerprint density at radius 3 is 2.19 bits per heavy atom. The summed E-state index contributed by atoms with van der Waals surface area (Å²) in [4.78, 5) is 10.6. The van der Waals surface area contributed by atoms with Gasteiger partial charge in [0.1, 0.15) is 0 Å². The van der Waals surface area contributed by atoms with E-state index in [9.17, 15) is 15.2 Å². The number of aliphatic hydroxyl groups excluding tert-OH is 1. The maximum atomic E-state index is 11.0. The van der Waals surface area contributed by atoms with E-state index in [1.54, 1.807) is 18.2 Å². The van der Waals surface area contributed by atoms with E-state index < -0.39 is 11.0 Å². The van der Waals surface area contributed by atoms with Gasteiger partial charge >= 0.3 is 0 Å². The van der Waals surface area contributed by atoms with Crippen molar-refractivity contribution in [2.75, 3.05) is 0 Å². The SMILES string of the molecule is CC(C)c1ccc(C(O)Cc2ccccc2[N+](=O)[O-])cc1. The second-order valence-electron chi connectivity index (χ2n) is 5.43. The largest absolute Gasteiger partial charge is 0.388 e. The molecule has 2 aromatic carbocycles. The smallest absolute Gasteiger partial charge is 0.272 e. The fourth-order valence-electron chi connectivity index (χ4n) is 2.29. The molecule has 0 bridgehead atoms. The molecule has 0 aliphatic rings. The Hall–Kier alpha value is -2.20. The molecule has 0 aliphatic carbocycles. The van der Waals surface area contributed by atoms with Crippen LogP contribution in [-0.4, -0.2) is 10.0 Å². The Kier molecular flexibility index (Phi) is 4.70. The third kappa shape index (κ3) is 3.67. The lowest BCUT2D eigenvalue weighted by atomic mass is 9.97. The predicted molar refractivity (Wildman–Crippen MR) is 82.3 cm³/mol. The molecule has 0 saturated heterocycles. The van der Waals surface area contributed by atoms with Crippen LogP contribution in [0.15, 0.2) is 48.5 Å². The van der Waals surface area contributed by atoms with Gasteiger partial charge in [0.15, 0.2) is 0 Å². The van der Waals surface area contributed by atoms with Crippen molar-refractivity contribution in [2.24, 2.45) is 0 Å². The number of benzene rings is 2. The molecule has 1 N–H and O–H groups in total. The summed E-state index contributed by atoms with van der Waals surface area (Å²) < 4.78 is 0. The van der Waals surface area contributed by atoms with Crippen LogP contribution >= 0.6 is 0 Å². The third-order valence-electron chi connectivity index (χ3n) is 3.59. The number of aliphatic hydroxyl groups is 1. The van der Waals surface area contributed by atoms with Gasteiger partial charge in [-0.05, 0) is 17.0 Å². The minimum Gasteiger partial charge on any atom is -0.388 e. The second-order valence-corrected chi connectivity index (χ2v) is 5.43. The number of hydrogen-bond acceptors (Lipinski definition) is 3. The van der Waals surface area contributed by atoms with Gasteiger partial charge in [-0.1, -0.05) is 56.3 Å². The fraction of sp³-hybridized carbons (Fsp3) is 0.294. The summed E-state index contributed by atoms with van der Waals surface area (Å²) in [6, 6.07) is 14.3. The molecule has 0 aromatic heterocycles. The van der Waals surface area contributed by atoms with Gasteiger partial charge in [-0.15, -0.1) is 0 Å². The van der Waals surface area contributed by atoms with E-state index in [0.29, 0.717) is 11.5 Å². The first-order valence-electron chi connectivity index (χ1n) is 6.99. The molecule has 21 heavy (non-hydrogen) atoms. The highest BCUT2D eigenvalue weighted by Crippen LogP contribution is 2.26. The number of rotatable bonds is 5. The van der Waals surface area contributed by atoms with Gasteiger partial charge in [-0.2, -0.15) is 0 Å². The van der Waals surface area contributed by atoms with E-state index in [1.807, 2.05) is 24.3 Å². The zero-order chi connectivity index (χ0) is 15.4. The molecule has 2 rings (SSSR count). The van der Waals surface area contributed by atoms with E-state index in [1.165, 1.54) is 11.6 Å². The topological polar surface area (TPSA) is 63.4 Å². The molecule has 0 aliphatic heterocycles. The predicted octanol–water partition coefficient (Wildman–Crippen LogP) is 3.99. The Morgan fingerprint density at radius 1 is 1.05 bits per heavy atom. The molecule has 4 nitrogen and oxygen atoms in total. The Labute approximate surface area is 124 Å². The lowest BCUT2D eigenvalue weighted by Gasteiger charge is -2.13. The Balaban J connectivity index is 2.18. The quantitative estimate of drug-likeness (QED) is 0.667. The zero-order valence-electron chi connectivity index (χ0n) is 12.2. The van der Waals surface area contributed by atoms with Crippen LogP contribution in [0.4, 0.5) is 5.69 Å². The van der Waals surface area contributed by atoms with E-state index in [2.05, 4.69) is 13.8 Å². The van der Waals surface area contributed by atoms with Crippen LogP contribution in [0.5, 0.6) is 0 Å². The standard InChI is InChI=1S/C17H19NO3/c1-12(2)13-7-9-14(10-8-13)17(19)11-15-5-3-4-6-16(15)18(20)21/h3-10,12,17,19H,11H2,1-2H3. The lowest BCUT2D eigenvalue weighted by Crippen LogP contribution is -2.04. The van der Waals surface area contributed by atoms with Crippen LogP contribution in [0.1, 0.15) is 42.6 Å². The first kappa shape index (κ1) is 15.2. The van der Waals surface area contributed by atoms with Crippen LogP contribution in [0, 0.1) is 10.1 Å². The Bertz CT molecular complexity index is 620. The first-order valence-corrected chi connectivity index (χ1v) is 6.99. The third-order valence-corrected chi connectivity index (χ3v) is 3.59. The van der Waals surface area contributed by atoms with Gasteiger partial charge < -0.3 is 5.11 Å². The molecular weight excluding hydrogens is 266 g/mol. The number of nitro benzene ring substituents is 1. The molecule has 0 amide bonds. The summed E-state index contributed by atoms with van der Waals surface area (Å²) in [6.07, 6.45) is -0.509. The van der Waals surface area contributed by atoms with Crippen LogP contribution < -0.4 is 0 Å². The van der Waals surface area contributed by atoms with Crippen molar-refractivity contribution in [3.8, 4) is 0 Å². The molecule has 4 heteroatoms. The molecule has 1 atom stereocenters. The normalized spacial score (nSPS) is 12.4. The average molecular weight is 285 g/mol. The number of nitrogens with zero attached hydrogens (tertiary/aromatic N) is 1. The van der Waals surface area contributed by atoms with Crippen molar-refractivity contribution in [3.63, 3.8) is 0 Å². The molecule has 0 saturated carbocycles. The van der Waals surface area contributed by atoms with Gasteiger partial charge in [-0.3, -0.25) is 10.1 Å². The van der Waals surface area contributed by atoms with Crippen molar-refractivity contribution in [1.29, 1.82) is 0 Å². The van der Waals surface area contributed by atoms with Crippen LogP contribution in [0.2, 0.25) is 0 Å². The summed E-state index contributed by atoms with van der Waals surface area (Å²) in [5, 5.41) is 21.3. The summed E-state index contributed by atoms with van der Waals surface area (Å²) in [6.45, 7) is 4.22. The first-order chi connectivity index (χ1) is 9.99. The van der Waals surface area contributed by atoms with Crippen LogP contribution in [-0.2, 0) is 6.42 Å². The van der Waals surface area contributed by atoms with Crippen molar-refractivity contribution < 1.29 is 10.0 Å². The maximum Gasteiger partial charge on any atom is 0.272 e. The molecule has 2 aromatic rings. The van der Waals surface area contributed by atoms with E-state index in [4.69, 9.17) is 0 Å². The van der Waals surface area contributed by atoms with Gasteiger partial charge in [-0.25, -0.2) is 0 Å². The molecule has 0 radical (unpaired) electrons. The van der Waals surface area contributed by atoms with Crippen molar-refractivity contribution in [1.82, 2.24) is 0 Å². The number of nitro groups is 1. The maximum absolute atomic E-state index is 11.0. The van der Waals surface area contributed by atoms with Gasteiger partial charge in [0, 0.05) is 18.1 Å². The summed E-state index contributed by atoms with van der Waals surface area (Å²) in [5.74, 6) is 0.436. The summed E-state index contributed by atoms with van der Waals surface area (Å²) >= 11 is 0. The molecule has 110 valence electrons. The summed E-state index contributed by atoms with van der Waals surface area (Å²) in [5.41, 5.74) is 2.58. The van der Waals surface area contributed by atoms with Crippen molar-refractivity contribution >= 4 is 5.69 Å². The molecule has 0 fully saturated rings. The van der Waals surface area contributed by atoms with Crippen molar-refractivity contribution in [3.05, 3.63) is 75.3 Å². The lowest BCUT2D eigenvalue weighted by molar-refractivity contribution is -0.385. The van der Waals surface area contributed by atoms with Crippen LogP contribution in [0.25, 0.3) is 0 Å². The highest BCUT2D eigenvalue weighted by Gasteiger charge is 2.17. The van der Waals surface area contributed by atoms with E-state index in [0.717, 1.165) is 5.56 Å². The van der Waals surface area contributed by atoms with Crippen molar-refractivity contribution in [2.45, 2.75) is 32.3 Å². The molecular formula is C17H19NO3.